The summed E-state index contributed by atoms with van der Waals surface area (Å²) in [4.78, 5) is 29.6. The minimum Gasteiger partial charge on any atom is -0.496 e. The number of halogens is 2. The van der Waals surface area contributed by atoms with E-state index in [1.54, 1.807) is 48.0 Å². The zero-order valence-electron chi connectivity index (χ0n) is 21.5. The second-order valence-corrected chi connectivity index (χ2v) is 11.7. The van der Waals surface area contributed by atoms with Crippen molar-refractivity contribution >= 4 is 52.6 Å². The lowest BCUT2D eigenvalue weighted by Crippen LogP contribution is -2.33. The molecule has 2 saturated heterocycles. The Kier molecular flexibility index (Phi) is 7.54. The number of thioether (sulfide) groups is 1. The van der Waals surface area contributed by atoms with Gasteiger partial charge in [0.15, 0.2) is 0 Å². The number of hydrogen-bond donors (Lipinski definition) is 0. The van der Waals surface area contributed by atoms with Gasteiger partial charge >= 0.3 is 6.03 Å². The van der Waals surface area contributed by atoms with Crippen molar-refractivity contribution in [1.82, 2.24) is 4.90 Å². The first-order chi connectivity index (χ1) is 18.2. The van der Waals surface area contributed by atoms with Gasteiger partial charge in [0.2, 0.25) is 0 Å². The van der Waals surface area contributed by atoms with E-state index in [-0.39, 0.29) is 29.8 Å². The minimum atomic E-state index is -0.514. The van der Waals surface area contributed by atoms with E-state index in [4.69, 9.17) is 32.7 Å². The number of rotatable bonds is 7. The number of nitrogens with zero attached hydrogens (tertiary/aromatic N) is 2. The van der Waals surface area contributed by atoms with Crippen LogP contribution in [-0.2, 0) is 11.4 Å². The van der Waals surface area contributed by atoms with E-state index >= 15 is 0 Å². The lowest BCUT2D eigenvalue weighted by atomic mass is 9.99. The first-order valence-corrected chi connectivity index (χ1v) is 14.1. The van der Waals surface area contributed by atoms with Crippen LogP contribution in [0.5, 0.6) is 11.5 Å². The maximum atomic E-state index is 13.5. The number of carbonyl (C=O) groups is 2. The van der Waals surface area contributed by atoms with E-state index in [0.29, 0.717) is 27.2 Å². The molecule has 0 aliphatic carbocycles. The summed E-state index contributed by atoms with van der Waals surface area (Å²) in [7, 11) is 1.62. The van der Waals surface area contributed by atoms with E-state index < -0.39 is 6.04 Å². The first-order valence-electron chi connectivity index (χ1n) is 12.3. The summed E-state index contributed by atoms with van der Waals surface area (Å²) in [5.41, 5.74) is 4.29. The molecule has 3 aromatic carbocycles. The molecule has 0 radical (unpaired) electrons. The van der Waals surface area contributed by atoms with Crippen LogP contribution in [0.4, 0.5) is 10.5 Å². The number of amides is 3. The van der Waals surface area contributed by atoms with Gasteiger partial charge < -0.3 is 9.47 Å². The monoisotopic (exact) mass is 570 g/mol. The summed E-state index contributed by atoms with van der Waals surface area (Å²) in [6, 6.07) is 15.6. The first kappa shape index (κ1) is 26.7. The fourth-order valence-electron chi connectivity index (χ4n) is 4.97. The topological polar surface area (TPSA) is 59.1 Å². The van der Waals surface area contributed by atoms with Gasteiger partial charge in [-0.15, -0.1) is 11.8 Å². The van der Waals surface area contributed by atoms with Crippen LogP contribution < -0.4 is 14.4 Å². The molecule has 0 N–H and O–H groups in total. The molecule has 198 valence electrons. The Bertz CT molecular complexity index is 1400. The maximum absolute atomic E-state index is 13.5. The smallest absolute Gasteiger partial charge is 0.333 e. The Morgan fingerprint density at radius 3 is 2.45 bits per heavy atom. The number of ether oxygens (including phenoxy) is 2. The normalized spacial score (nSPS) is 18.9. The number of aryl methyl sites for hydroxylation is 1. The molecule has 5 rings (SSSR count). The predicted octanol–water partition coefficient (Wildman–Crippen LogP) is 7.60. The third-order valence-electron chi connectivity index (χ3n) is 6.85. The summed E-state index contributed by atoms with van der Waals surface area (Å²) in [6.07, 6.45) is 0. The molecule has 3 amide bonds. The highest BCUT2D eigenvalue weighted by Gasteiger charge is 2.53. The van der Waals surface area contributed by atoms with Gasteiger partial charge in [-0.25, -0.2) is 9.69 Å². The Balaban J connectivity index is 1.42. The molecule has 2 aliphatic rings. The second kappa shape index (κ2) is 10.7. The molecule has 0 spiro atoms. The molecule has 3 aromatic rings. The quantitative estimate of drug-likeness (QED) is 0.274. The van der Waals surface area contributed by atoms with Crippen molar-refractivity contribution in [3.05, 3.63) is 86.9 Å². The van der Waals surface area contributed by atoms with Gasteiger partial charge in [-0.3, -0.25) is 9.69 Å². The van der Waals surface area contributed by atoms with Gasteiger partial charge in [0.05, 0.1) is 12.8 Å². The molecular weight excluding hydrogens is 543 g/mol. The molecule has 0 aromatic heterocycles. The third kappa shape index (κ3) is 4.83. The third-order valence-corrected chi connectivity index (χ3v) is 8.65. The Labute approximate surface area is 236 Å². The van der Waals surface area contributed by atoms with Crippen molar-refractivity contribution in [3.8, 4) is 11.5 Å². The Morgan fingerprint density at radius 1 is 1.03 bits per heavy atom. The van der Waals surface area contributed by atoms with Crippen molar-refractivity contribution < 1.29 is 19.1 Å². The number of fused-ring (bicyclic) bond motifs is 1. The van der Waals surface area contributed by atoms with Gasteiger partial charge in [-0.2, -0.15) is 0 Å². The Hall–Kier alpha value is -2.87. The van der Waals surface area contributed by atoms with Gasteiger partial charge in [-0.05, 0) is 78.1 Å². The average molecular weight is 572 g/mol. The lowest BCUT2D eigenvalue weighted by molar-refractivity contribution is -0.119. The molecule has 0 bridgehead atoms. The van der Waals surface area contributed by atoms with E-state index in [1.165, 1.54) is 4.90 Å². The van der Waals surface area contributed by atoms with Crippen LogP contribution in [0.3, 0.4) is 0 Å². The molecule has 2 fully saturated rings. The zero-order chi connectivity index (χ0) is 27.1. The van der Waals surface area contributed by atoms with E-state index in [9.17, 15) is 9.59 Å². The molecule has 0 unspecified atom stereocenters. The molecule has 38 heavy (non-hydrogen) atoms. The van der Waals surface area contributed by atoms with Crippen LogP contribution in [0.25, 0.3) is 0 Å². The number of methoxy groups -OCH3 is 1. The van der Waals surface area contributed by atoms with E-state index in [0.717, 1.165) is 28.0 Å². The summed E-state index contributed by atoms with van der Waals surface area (Å²) >= 11 is 13.9. The summed E-state index contributed by atoms with van der Waals surface area (Å²) in [6.45, 7) is 6.48. The number of urea groups is 1. The van der Waals surface area contributed by atoms with Crippen LogP contribution in [-0.4, -0.2) is 35.7 Å². The highest BCUT2D eigenvalue weighted by molar-refractivity contribution is 7.99. The molecule has 9 heteroatoms. The largest absolute Gasteiger partial charge is 0.496 e. The Morgan fingerprint density at radius 2 is 1.76 bits per heavy atom. The second-order valence-electron chi connectivity index (χ2n) is 9.70. The van der Waals surface area contributed by atoms with Crippen LogP contribution in [0.1, 0.15) is 47.4 Å². The maximum Gasteiger partial charge on any atom is 0.333 e. The lowest BCUT2D eigenvalue weighted by Gasteiger charge is -2.24. The number of hydrogen-bond acceptors (Lipinski definition) is 5. The number of carbonyl (C=O) groups excluding carboxylic acids is 2. The van der Waals surface area contributed by atoms with Crippen LogP contribution in [0.2, 0.25) is 10.0 Å². The van der Waals surface area contributed by atoms with E-state index in [2.05, 4.69) is 13.8 Å². The van der Waals surface area contributed by atoms with Crippen molar-refractivity contribution in [2.75, 3.05) is 17.8 Å². The van der Waals surface area contributed by atoms with Crippen molar-refractivity contribution in [2.45, 2.75) is 44.7 Å². The van der Waals surface area contributed by atoms with Gasteiger partial charge in [0.1, 0.15) is 29.5 Å². The number of anilines is 1. The number of imide groups is 1. The van der Waals surface area contributed by atoms with Crippen LogP contribution in [0, 0.1) is 6.92 Å². The number of benzene rings is 3. The van der Waals surface area contributed by atoms with Gasteiger partial charge in [0, 0.05) is 21.4 Å². The molecular formula is C29H28Cl2N2O4S. The minimum absolute atomic E-state index is 0.219. The van der Waals surface area contributed by atoms with Crippen LogP contribution in [0.15, 0.2) is 54.6 Å². The van der Waals surface area contributed by atoms with E-state index in [1.807, 2.05) is 37.3 Å². The molecule has 2 atom stereocenters. The van der Waals surface area contributed by atoms with Crippen LogP contribution >= 0.6 is 35.0 Å². The molecule has 2 heterocycles. The highest BCUT2D eigenvalue weighted by Crippen LogP contribution is 2.47. The fraction of sp³-hybridized carbons (Fsp3) is 0.310. The highest BCUT2D eigenvalue weighted by atomic mass is 35.5. The summed E-state index contributed by atoms with van der Waals surface area (Å²) in [5, 5.41) is 0.925. The molecule has 0 saturated carbocycles. The summed E-state index contributed by atoms with van der Waals surface area (Å²) in [5.74, 6) is 2.05. The molecule has 2 aliphatic heterocycles. The molecule has 6 nitrogen and oxygen atoms in total. The van der Waals surface area contributed by atoms with Crippen molar-refractivity contribution in [1.29, 1.82) is 0 Å². The van der Waals surface area contributed by atoms with Crippen molar-refractivity contribution in [2.24, 2.45) is 0 Å². The SMILES string of the molecule is COc1ccc([C@@H]2SC[C@H]3C(=O)N(c4ccc(Cl)cc4)C(=O)N32)cc1COc1c(C)cc(Cl)cc1C(C)C. The van der Waals surface area contributed by atoms with Gasteiger partial charge in [-0.1, -0.05) is 43.1 Å². The average Bonchev–Trinajstić information content (AvgIpc) is 3.43. The van der Waals surface area contributed by atoms with Crippen molar-refractivity contribution in [3.63, 3.8) is 0 Å². The zero-order valence-corrected chi connectivity index (χ0v) is 23.9. The summed E-state index contributed by atoms with van der Waals surface area (Å²) < 4.78 is 12.0. The fourth-order valence-corrected chi connectivity index (χ4v) is 6.78. The standard InChI is InChI=1S/C29H28Cl2N2O4S/c1-16(2)23-13-21(31)11-17(3)26(23)37-14-19-12-18(5-10-25(19)36-4)28-33-24(15-38-28)27(34)32(29(33)35)22-8-6-20(30)7-9-22/h5-13,16,24,28H,14-15H2,1-4H3/t24-,28-/m0/s1. The van der Waals surface area contributed by atoms with Gasteiger partial charge in [0.25, 0.3) is 5.91 Å². The predicted molar refractivity (Wildman–Crippen MR) is 153 cm³/mol.